The number of hydrazine groups is 1. The largest absolute Gasteiger partial charge is 0.416 e. The first kappa shape index (κ1) is 23.8. The Labute approximate surface area is 179 Å². The fourth-order valence-corrected chi connectivity index (χ4v) is 2.57. The van der Waals surface area contributed by atoms with E-state index in [9.17, 15) is 27.6 Å². The number of benzene rings is 2. The summed E-state index contributed by atoms with van der Waals surface area (Å²) in [7, 11) is 0. The van der Waals surface area contributed by atoms with Gasteiger partial charge in [-0.3, -0.25) is 15.0 Å². The molecule has 2 aromatic rings. The smallest absolute Gasteiger partial charge is 0.321 e. The van der Waals surface area contributed by atoms with E-state index in [4.69, 9.17) is 17.4 Å². The van der Waals surface area contributed by atoms with E-state index < -0.39 is 41.1 Å². The van der Waals surface area contributed by atoms with E-state index in [0.717, 1.165) is 18.2 Å². The van der Waals surface area contributed by atoms with Gasteiger partial charge in [-0.25, -0.2) is 16.1 Å². The molecule has 0 radical (unpaired) electrons. The number of nitrogens with one attached hydrogen (secondary N) is 3. The summed E-state index contributed by atoms with van der Waals surface area (Å²) in [6, 6.07) is 8.74. The molecule has 0 aliphatic rings. The first-order chi connectivity index (χ1) is 14.5. The van der Waals surface area contributed by atoms with Crippen molar-refractivity contribution in [2.45, 2.75) is 13.1 Å². The number of nitrogens with two attached hydrogens (primary N) is 1. The molecule has 2 aromatic carbocycles. The third kappa shape index (κ3) is 6.52. The molecular formula is C19H17ClF3N5O3. The van der Waals surface area contributed by atoms with Crippen molar-refractivity contribution >= 4 is 40.7 Å². The van der Waals surface area contributed by atoms with Crippen LogP contribution in [-0.2, 0) is 11.0 Å². The molecule has 0 aliphatic heterocycles. The molecule has 0 bridgehead atoms. The number of anilines is 1. The Hall–Kier alpha value is -3.44. The Morgan fingerprint density at radius 3 is 2.32 bits per heavy atom. The highest BCUT2D eigenvalue weighted by molar-refractivity contribution is 6.47. The van der Waals surface area contributed by atoms with Crippen molar-refractivity contribution in [2.24, 2.45) is 16.9 Å². The van der Waals surface area contributed by atoms with Gasteiger partial charge >= 0.3 is 12.2 Å². The van der Waals surface area contributed by atoms with E-state index in [0.29, 0.717) is 5.02 Å². The first-order valence-electron chi connectivity index (χ1n) is 8.65. The van der Waals surface area contributed by atoms with Crippen LogP contribution in [0.15, 0.2) is 53.6 Å². The van der Waals surface area contributed by atoms with Gasteiger partial charge in [-0.15, -0.1) is 0 Å². The maximum atomic E-state index is 12.9. The Morgan fingerprint density at radius 1 is 1.10 bits per heavy atom. The number of rotatable bonds is 6. The zero-order valence-electron chi connectivity index (χ0n) is 16.0. The van der Waals surface area contributed by atoms with Crippen LogP contribution >= 0.6 is 11.6 Å². The summed E-state index contributed by atoms with van der Waals surface area (Å²) in [6.45, 7) is 1.35. The molecule has 0 aromatic heterocycles. The molecule has 0 heterocycles. The van der Waals surface area contributed by atoms with Crippen molar-refractivity contribution in [3.63, 3.8) is 0 Å². The maximum absolute atomic E-state index is 12.9. The lowest BCUT2D eigenvalue weighted by Gasteiger charge is -2.15. The molecule has 5 N–H and O–H groups in total. The summed E-state index contributed by atoms with van der Waals surface area (Å²) < 4.78 is 38.7. The Balaban J connectivity index is 2.32. The molecule has 8 nitrogen and oxygen atoms in total. The van der Waals surface area contributed by atoms with E-state index in [1.165, 1.54) is 37.3 Å². The van der Waals surface area contributed by atoms with Crippen molar-refractivity contribution in [2.75, 3.05) is 5.32 Å². The predicted molar refractivity (Wildman–Crippen MR) is 108 cm³/mol. The summed E-state index contributed by atoms with van der Waals surface area (Å²) >= 11 is 5.80. The number of carbonyl (C=O) groups is 3. The van der Waals surface area contributed by atoms with Gasteiger partial charge in [0.05, 0.1) is 11.5 Å². The lowest BCUT2D eigenvalue weighted by atomic mass is 9.94. The van der Waals surface area contributed by atoms with Crippen LogP contribution in [0.4, 0.5) is 23.7 Å². The first-order valence-corrected chi connectivity index (χ1v) is 9.03. The second-order valence-electron chi connectivity index (χ2n) is 6.21. The Bertz CT molecular complexity index is 1010. The second kappa shape index (κ2) is 10.0. The number of amides is 3. The van der Waals surface area contributed by atoms with Crippen molar-refractivity contribution in [3.8, 4) is 0 Å². The van der Waals surface area contributed by atoms with E-state index in [1.54, 1.807) is 5.43 Å². The summed E-state index contributed by atoms with van der Waals surface area (Å²) in [6.07, 6.45) is -4.61. The van der Waals surface area contributed by atoms with Crippen LogP contribution in [0.25, 0.3) is 0 Å². The molecule has 31 heavy (non-hydrogen) atoms. The summed E-state index contributed by atoms with van der Waals surface area (Å²) in [5, 5.41) is 6.26. The van der Waals surface area contributed by atoms with Gasteiger partial charge in [0.25, 0.3) is 5.91 Å². The number of ketones is 1. The minimum atomic E-state index is -4.61. The van der Waals surface area contributed by atoms with Gasteiger partial charge in [-0.1, -0.05) is 17.7 Å². The minimum Gasteiger partial charge on any atom is -0.321 e. The third-order valence-electron chi connectivity index (χ3n) is 4.02. The van der Waals surface area contributed by atoms with Gasteiger partial charge in [-0.05, 0) is 49.4 Å². The molecule has 3 amide bonds. The van der Waals surface area contributed by atoms with Crippen LogP contribution < -0.4 is 22.0 Å². The average Bonchev–Trinajstić information content (AvgIpc) is 2.73. The quantitative estimate of drug-likeness (QED) is 0.175. The van der Waals surface area contributed by atoms with Crippen molar-refractivity contribution in [3.05, 3.63) is 64.7 Å². The average molecular weight is 456 g/mol. The van der Waals surface area contributed by atoms with Crippen molar-refractivity contribution in [1.82, 2.24) is 10.9 Å². The minimum absolute atomic E-state index is 0.179. The molecule has 0 fully saturated rings. The van der Waals surface area contributed by atoms with Gasteiger partial charge < -0.3 is 5.32 Å². The molecule has 0 spiro atoms. The van der Waals surface area contributed by atoms with Gasteiger partial charge in [0, 0.05) is 16.3 Å². The van der Waals surface area contributed by atoms with E-state index in [1.807, 2.05) is 5.43 Å². The number of urea groups is 1. The maximum Gasteiger partial charge on any atom is 0.416 e. The van der Waals surface area contributed by atoms with Crippen LogP contribution in [0.1, 0.15) is 22.8 Å². The van der Waals surface area contributed by atoms with Gasteiger partial charge in [0.1, 0.15) is 5.71 Å². The number of halogens is 4. The Morgan fingerprint density at radius 2 is 1.74 bits per heavy atom. The monoisotopic (exact) mass is 455 g/mol. The Kier molecular flexibility index (Phi) is 7.72. The van der Waals surface area contributed by atoms with Gasteiger partial charge in [0.2, 0.25) is 0 Å². The molecule has 1 atom stereocenters. The summed E-state index contributed by atoms with van der Waals surface area (Å²) in [5.41, 5.74) is 2.25. The molecule has 1 unspecified atom stereocenters. The number of alkyl halides is 3. The summed E-state index contributed by atoms with van der Waals surface area (Å²) in [4.78, 5) is 36.8. The normalized spacial score (nSPS) is 12.6. The number of hydrogen-bond donors (Lipinski definition) is 4. The highest BCUT2D eigenvalue weighted by atomic mass is 35.5. The molecule has 0 aliphatic carbocycles. The molecule has 0 saturated heterocycles. The lowest BCUT2D eigenvalue weighted by Crippen LogP contribution is -2.40. The van der Waals surface area contributed by atoms with Crippen LogP contribution in [0, 0.1) is 5.92 Å². The van der Waals surface area contributed by atoms with Crippen molar-refractivity contribution in [1.29, 1.82) is 0 Å². The fourth-order valence-electron chi connectivity index (χ4n) is 2.44. The SMILES string of the molecule is CC(C(=O)c1ccc(Cl)cc1)/C(=N\NC(=O)NN)C(=O)Nc1cccc(C(F)(F)F)c1. The van der Waals surface area contributed by atoms with Gasteiger partial charge in [-0.2, -0.15) is 18.3 Å². The van der Waals surface area contributed by atoms with Crippen LogP contribution in [0.5, 0.6) is 0 Å². The zero-order valence-corrected chi connectivity index (χ0v) is 16.7. The van der Waals surface area contributed by atoms with E-state index in [2.05, 4.69) is 10.4 Å². The molecule has 164 valence electrons. The third-order valence-corrected chi connectivity index (χ3v) is 4.27. The number of Topliss-reactive ketones (excluding diaryl/α,β-unsaturated/α-hetero) is 1. The second-order valence-corrected chi connectivity index (χ2v) is 6.64. The molecule has 12 heteroatoms. The van der Waals surface area contributed by atoms with Crippen LogP contribution in [0.3, 0.4) is 0 Å². The number of nitrogens with zero attached hydrogens (tertiary/aromatic N) is 1. The zero-order chi connectivity index (χ0) is 23.2. The molecule has 2 rings (SSSR count). The fraction of sp³-hybridized carbons (Fsp3) is 0.158. The number of hydrazone groups is 1. The van der Waals surface area contributed by atoms with Crippen molar-refractivity contribution < 1.29 is 27.6 Å². The van der Waals surface area contributed by atoms with Crippen LogP contribution in [0.2, 0.25) is 5.02 Å². The predicted octanol–water partition coefficient (Wildman–Crippen LogP) is 3.35. The van der Waals surface area contributed by atoms with E-state index >= 15 is 0 Å². The topological polar surface area (TPSA) is 126 Å². The van der Waals surface area contributed by atoms with Gasteiger partial charge in [0.15, 0.2) is 5.78 Å². The highest BCUT2D eigenvalue weighted by Gasteiger charge is 2.31. The van der Waals surface area contributed by atoms with E-state index in [-0.39, 0.29) is 11.3 Å². The number of carbonyl (C=O) groups excluding carboxylic acids is 3. The number of hydrogen-bond acceptors (Lipinski definition) is 5. The summed E-state index contributed by atoms with van der Waals surface area (Å²) in [5.74, 6) is 2.23. The highest BCUT2D eigenvalue weighted by Crippen LogP contribution is 2.30. The molecule has 0 saturated carbocycles. The van der Waals surface area contributed by atoms with Crippen LogP contribution in [-0.4, -0.2) is 23.4 Å². The standard InChI is InChI=1S/C19H17ClF3N5O3/c1-10(16(29)11-5-7-13(20)8-6-11)15(27-28-18(31)26-24)17(30)25-14-4-2-3-12(9-14)19(21,22)23/h2-10H,24H2,1H3,(H,25,30)(H2,26,28,31)/b27-15+. The lowest BCUT2D eigenvalue weighted by molar-refractivity contribution is -0.137. The molecular weight excluding hydrogens is 439 g/mol.